The molecular weight excluding hydrogens is 453 g/mol. The summed E-state index contributed by atoms with van der Waals surface area (Å²) in [5.41, 5.74) is 1.32. The molecule has 0 amide bonds. The topological polar surface area (TPSA) is 52.6 Å². The summed E-state index contributed by atoms with van der Waals surface area (Å²) in [4.78, 5) is 5.75. The molecule has 1 aliphatic rings. The minimum absolute atomic E-state index is 0.0166. The van der Waals surface area contributed by atoms with E-state index < -0.39 is 11.7 Å². The van der Waals surface area contributed by atoms with Gasteiger partial charge in [-0.25, -0.2) is 4.98 Å². The first-order valence-electron chi connectivity index (χ1n) is 10.6. The van der Waals surface area contributed by atoms with Crippen molar-refractivity contribution in [3.8, 4) is 5.88 Å². The molecule has 1 aromatic heterocycles. The second kappa shape index (κ2) is 10.7. The predicted octanol–water partition coefficient (Wildman–Crippen LogP) is 5.06. The summed E-state index contributed by atoms with van der Waals surface area (Å²) < 4.78 is 56.2. The molecule has 1 aliphatic heterocycles. The van der Waals surface area contributed by atoms with Gasteiger partial charge in [0.25, 0.3) is 0 Å². The average Bonchev–Trinajstić information content (AvgIpc) is 2.82. The fraction of sp³-hybridized carbons (Fsp3) is 0.375. The molecular formula is C24H25F3N2O3S. The maximum absolute atomic E-state index is 13.1. The number of halogens is 3. The van der Waals surface area contributed by atoms with E-state index >= 15 is 0 Å². The van der Waals surface area contributed by atoms with E-state index in [2.05, 4.69) is 10.3 Å². The van der Waals surface area contributed by atoms with E-state index in [1.807, 2.05) is 30.5 Å². The van der Waals surface area contributed by atoms with E-state index in [0.29, 0.717) is 44.4 Å². The number of rotatable bonds is 8. The second-order valence-electron chi connectivity index (χ2n) is 7.70. The fourth-order valence-electron chi connectivity index (χ4n) is 3.56. The van der Waals surface area contributed by atoms with Gasteiger partial charge < -0.3 is 19.5 Å². The van der Waals surface area contributed by atoms with Gasteiger partial charge >= 0.3 is 6.18 Å². The Morgan fingerprint density at radius 1 is 1.15 bits per heavy atom. The number of ether oxygens (including phenoxy) is 3. The van der Waals surface area contributed by atoms with Crippen LogP contribution < -0.4 is 10.1 Å². The molecule has 0 aliphatic carbocycles. The summed E-state index contributed by atoms with van der Waals surface area (Å²) in [6, 6.07) is 13.2. The fourth-order valence-corrected chi connectivity index (χ4v) is 4.00. The Morgan fingerprint density at radius 2 is 2.03 bits per heavy atom. The first-order chi connectivity index (χ1) is 15.9. The van der Waals surface area contributed by atoms with Crippen molar-refractivity contribution in [3.05, 3.63) is 65.2 Å². The number of nitrogens with one attached hydrogen (secondary N) is 1. The van der Waals surface area contributed by atoms with Gasteiger partial charge in [0.2, 0.25) is 5.88 Å². The van der Waals surface area contributed by atoms with Crippen molar-refractivity contribution in [2.75, 3.05) is 32.6 Å². The SMILES string of the molecule is CSc1ccc2cc(CNC[C@@H]3COCCO3)c(OCc3cccc(C(F)(F)F)c3)nc2c1. The number of hydrogen-bond acceptors (Lipinski definition) is 6. The minimum atomic E-state index is -4.40. The molecule has 1 saturated heterocycles. The van der Waals surface area contributed by atoms with Crippen molar-refractivity contribution in [2.24, 2.45) is 0 Å². The van der Waals surface area contributed by atoms with Crippen LogP contribution in [-0.2, 0) is 28.8 Å². The quantitative estimate of drug-likeness (QED) is 0.457. The van der Waals surface area contributed by atoms with Gasteiger partial charge in [-0.15, -0.1) is 11.8 Å². The largest absolute Gasteiger partial charge is 0.473 e. The van der Waals surface area contributed by atoms with Crippen LogP contribution >= 0.6 is 11.8 Å². The number of benzene rings is 2. The van der Waals surface area contributed by atoms with Gasteiger partial charge in [-0.3, -0.25) is 0 Å². The summed E-state index contributed by atoms with van der Waals surface area (Å²) in [5.74, 6) is 0.395. The summed E-state index contributed by atoms with van der Waals surface area (Å²) in [6.45, 7) is 2.79. The molecule has 33 heavy (non-hydrogen) atoms. The summed E-state index contributed by atoms with van der Waals surface area (Å²) in [6.07, 6.45) is -2.43. The zero-order valence-corrected chi connectivity index (χ0v) is 19.0. The number of alkyl halides is 3. The molecule has 0 saturated carbocycles. The summed E-state index contributed by atoms with van der Waals surface area (Å²) >= 11 is 1.61. The van der Waals surface area contributed by atoms with Crippen LogP contribution in [0.1, 0.15) is 16.7 Å². The van der Waals surface area contributed by atoms with Crippen LogP contribution in [0, 0.1) is 0 Å². The lowest BCUT2D eigenvalue weighted by Crippen LogP contribution is -2.37. The third kappa shape index (κ3) is 6.38. The lowest BCUT2D eigenvalue weighted by Gasteiger charge is -2.23. The number of nitrogens with zero attached hydrogens (tertiary/aromatic N) is 1. The number of pyridine rings is 1. The van der Waals surface area contributed by atoms with Gasteiger partial charge in [0.15, 0.2) is 0 Å². The van der Waals surface area contributed by atoms with E-state index in [0.717, 1.165) is 33.5 Å². The van der Waals surface area contributed by atoms with Gasteiger partial charge in [0.05, 0.1) is 37.0 Å². The van der Waals surface area contributed by atoms with Gasteiger partial charge in [-0.2, -0.15) is 13.2 Å². The smallest absolute Gasteiger partial charge is 0.416 e. The van der Waals surface area contributed by atoms with E-state index in [9.17, 15) is 13.2 Å². The van der Waals surface area contributed by atoms with E-state index in [1.165, 1.54) is 6.07 Å². The lowest BCUT2D eigenvalue weighted by atomic mass is 10.1. The summed E-state index contributed by atoms with van der Waals surface area (Å²) in [7, 11) is 0. The maximum atomic E-state index is 13.1. The Hall–Kier alpha value is -2.33. The van der Waals surface area contributed by atoms with Crippen molar-refractivity contribution in [2.45, 2.75) is 30.3 Å². The van der Waals surface area contributed by atoms with Crippen molar-refractivity contribution >= 4 is 22.7 Å². The molecule has 0 spiro atoms. The van der Waals surface area contributed by atoms with Crippen LogP contribution in [0.5, 0.6) is 5.88 Å². The molecule has 2 heterocycles. The Labute approximate surface area is 194 Å². The molecule has 0 radical (unpaired) electrons. The highest BCUT2D eigenvalue weighted by molar-refractivity contribution is 7.98. The third-order valence-corrected chi connectivity index (χ3v) is 5.99. The van der Waals surface area contributed by atoms with E-state index in [4.69, 9.17) is 14.2 Å². The zero-order valence-electron chi connectivity index (χ0n) is 18.2. The Bertz CT molecular complexity index is 1090. The minimum Gasteiger partial charge on any atom is -0.473 e. The van der Waals surface area contributed by atoms with E-state index in [-0.39, 0.29) is 12.7 Å². The Morgan fingerprint density at radius 3 is 2.79 bits per heavy atom. The third-order valence-electron chi connectivity index (χ3n) is 5.27. The molecule has 9 heteroatoms. The first kappa shape index (κ1) is 23.8. The molecule has 0 unspecified atom stereocenters. The Balaban J connectivity index is 1.53. The van der Waals surface area contributed by atoms with Crippen molar-refractivity contribution in [3.63, 3.8) is 0 Å². The molecule has 5 nitrogen and oxygen atoms in total. The Kier molecular flexibility index (Phi) is 7.75. The second-order valence-corrected chi connectivity index (χ2v) is 8.58. The average molecular weight is 479 g/mol. The number of thioether (sulfide) groups is 1. The predicted molar refractivity (Wildman–Crippen MR) is 122 cm³/mol. The summed E-state index contributed by atoms with van der Waals surface area (Å²) in [5, 5.41) is 4.31. The van der Waals surface area contributed by atoms with Crippen molar-refractivity contribution in [1.82, 2.24) is 10.3 Å². The molecule has 3 aromatic rings. The van der Waals surface area contributed by atoms with Gasteiger partial charge in [0.1, 0.15) is 6.61 Å². The highest BCUT2D eigenvalue weighted by atomic mass is 32.2. The molecule has 2 aromatic carbocycles. The monoisotopic (exact) mass is 478 g/mol. The molecule has 1 fully saturated rings. The first-order valence-corrected chi connectivity index (χ1v) is 11.8. The molecule has 4 rings (SSSR count). The molecule has 176 valence electrons. The molecule has 1 N–H and O–H groups in total. The maximum Gasteiger partial charge on any atom is 0.416 e. The zero-order chi connectivity index (χ0) is 23.3. The van der Waals surface area contributed by atoms with Crippen molar-refractivity contribution in [1.29, 1.82) is 0 Å². The standard InChI is InChI=1S/C24H25F3N2O3S/c1-33-21-6-5-17-10-18(12-28-13-20-15-30-7-8-31-20)23(29-22(17)11-21)32-14-16-3-2-4-19(9-16)24(25,26)27/h2-6,9-11,20,28H,7-8,12-15H2,1H3/t20-/m1/s1. The molecule has 1 atom stereocenters. The van der Waals surface area contributed by atoms with Gasteiger partial charge in [-0.05, 0) is 42.2 Å². The van der Waals surface area contributed by atoms with Crippen LogP contribution in [0.15, 0.2) is 53.4 Å². The number of aromatic nitrogens is 1. The molecule has 0 bridgehead atoms. The van der Waals surface area contributed by atoms with Crippen molar-refractivity contribution < 1.29 is 27.4 Å². The number of hydrogen-bond donors (Lipinski definition) is 1. The highest BCUT2D eigenvalue weighted by Crippen LogP contribution is 2.30. The highest BCUT2D eigenvalue weighted by Gasteiger charge is 2.30. The number of fused-ring (bicyclic) bond motifs is 1. The van der Waals surface area contributed by atoms with Crippen LogP contribution in [-0.4, -0.2) is 43.7 Å². The lowest BCUT2D eigenvalue weighted by molar-refractivity contribution is -0.137. The van der Waals surface area contributed by atoms with Crippen LogP contribution in [0.25, 0.3) is 10.9 Å². The van der Waals surface area contributed by atoms with Gasteiger partial charge in [-0.1, -0.05) is 18.2 Å². The normalized spacial score (nSPS) is 16.8. The van der Waals surface area contributed by atoms with Crippen LogP contribution in [0.2, 0.25) is 0 Å². The van der Waals surface area contributed by atoms with E-state index in [1.54, 1.807) is 17.8 Å². The van der Waals surface area contributed by atoms with Crippen LogP contribution in [0.4, 0.5) is 13.2 Å². The van der Waals surface area contributed by atoms with Crippen LogP contribution in [0.3, 0.4) is 0 Å². The van der Waals surface area contributed by atoms with Gasteiger partial charge in [0, 0.05) is 28.9 Å².